The number of likely N-dealkylation sites (tertiary alicyclic amines) is 1. The minimum atomic E-state index is -1.72. The zero-order chi connectivity index (χ0) is 81.5. The molecule has 2 heterocycles. The van der Waals surface area contributed by atoms with E-state index < -0.39 is 198 Å². The second kappa shape index (κ2) is 49.6. The third-order valence-corrected chi connectivity index (χ3v) is 17.6. The first-order valence-corrected chi connectivity index (χ1v) is 36.8. The van der Waals surface area contributed by atoms with Gasteiger partial charge in [-0.2, -0.15) is 12.6 Å². The Morgan fingerprint density at radius 2 is 0.991 bits per heavy atom. The van der Waals surface area contributed by atoms with Crippen molar-refractivity contribution in [2.75, 3.05) is 45.1 Å². The van der Waals surface area contributed by atoms with Crippen LogP contribution in [0.3, 0.4) is 0 Å². The quantitative estimate of drug-likeness (QED) is 0.0125. The van der Waals surface area contributed by atoms with E-state index >= 15 is 0 Å². The van der Waals surface area contributed by atoms with Gasteiger partial charge >= 0.3 is 11.9 Å². The van der Waals surface area contributed by atoms with Crippen LogP contribution in [0.2, 0.25) is 0 Å². The van der Waals surface area contributed by atoms with Gasteiger partial charge in [0.25, 0.3) is 0 Å². The van der Waals surface area contributed by atoms with Crippen molar-refractivity contribution in [3.63, 3.8) is 0 Å². The Morgan fingerprint density at radius 1 is 0.556 bits per heavy atom. The van der Waals surface area contributed by atoms with Crippen LogP contribution in [0.1, 0.15) is 150 Å². The normalized spacial score (nSPS) is 16.6. The highest BCUT2D eigenvalue weighted by Crippen LogP contribution is 2.21. The number of hydrogen-bond acceptors (Lipinski definition) is 24. The molecule has 13 amide bonds. The summed E-state index contributed by atoms with van der Waals surface area (Å²) in [6, 6.07) is -20.2. The number of nitrogens with two attached hydrogens (primary N) is 6. The van der Waals surface area contributed by atoms with Crippen molar-refractivity contribution < 1.29 is 92.3 Å². The summed E-state index contributed by atoms with van der Waals surface area (Å²) in [5.41, 5.74) is 34.4. The van der Waals surface area contributed by atoms with E-state index in [1.807, 2.05) is 0 Å². The second-order valence-corrected chi connectivity index (χ2v) is 27.6. The molecule has 0 saturated carbocycles. The predicted octanol–water partition coefficient (Wildman–Crippen LogP) is -7.87. The zero-order valence-corrected chi connectivity index (χ0v) is 63.3. The van der Waals surface area contributed by atoms with E-state index in [-0.39, 0.29) is 121 Å². The molecule has 0 unspecified atom stereocenters. The summed E-state index contributed by atoms with van der Waals surface area (Å²) >= 11 is 3.97. The molecule has 108 heavy (non-hydrogen) atoms. The average molecular weight is 1550 g/mol. The molecule has 1 aliphatic rings. The lowest BCUT2D eigenvalue weighted by Crippen LogP contribution is -2.62. The number of unbranched alkanes of at least 4 members (excludes halogenated alkanes) is 3. The number of carboxylic acids is 2. The lowest BCUT2D eigenvalue weighted by atomic mass is 10.0. The molecule has 42 heteroatoms. The Labute approximate surface area is 632 Å². The summed E-state index contributed by atoms with van der Waals surface area (Å²) in [5, 5.41) is 70.1. The Morgan fingerprint density at radius 3 is 1.44 bits per heavy atom. The van der Waals surface area contributed by atoms with Crippen LogP contribution < -0.4 is 98.2 Å². The van der Waals surface area contributed by atoms with Crippen LogP contribution in [0.5, 0.6) is 0 Å². The summed E-state index contributed by atoms with van der Waals surface area (Å²) in [6.07, 6.45) is 2.06. The van der Waals surface area contributed by atoms with Crippen LogP contribution in [0.25, 0.3) is 0 Å². The van der Waals surface area contributed by atoms with Gasteiger partial charge in [-0.1, -0.05) is 27.7 Å². The molecule has 0 radical (unpaired) electrons. The maximum atomic E-state index is 14.8. The number of hydrogen-bond donors (Lipinski definition) is 24. The number of aliphatic carboxylic acids is 2. The maximum absolute atomic E-state index is 14.8. The SMILES string of the molecule is CC(C)C[C@H](NC(=O)[C@H](Cc1cnc[nH]1)NC(=O)[C@H](CCCN=C(N)N)NC(=O)[C@H](CCCCN)NC(=O)[C@H](CCCCN)NC(=O)[C@@H]1CCCN1C(=O)[C@@H](NC(=O)[C@@H](NC(=O)[C@H](C)NC(=O)[C@H](C)NC(=O)[C@@H](N)CC(=O)O)C(C)C)[C@@H](C)O)C(=O)N[C@@H](CO)C(=O)N[C@@H](CCCCN)C(=O)N[C@@H](CS)C(=O)O. The average Bonchev–Trinajstić information content (AvgIpc) is 1.50. The number of aliphatic imine (C=N–C) groups is 1. The molecule has 1 aromatic heterocycles. The lowest BCUT2D eigenvalue weighted by molar-refractivity contribution is -0.145. The van der Waals surface area contributed by atoms with Crippen molar-refractivity contribution in [3.05, 3.63) is 18.2 Å². The van der Waals surface area contributed by atoms with Gasteiger partial charge in [0.1, 0.15) is 78.5 Å². The molecule has 0 bridgehead atoms. The van der Waals surface area contributed by atoms with Crippen LogP contribution in [-0.2, 0) is 78.3 Å². The number of aromatic amines is 1. The summed E-state index contributed by atoms with van der Waals surface area (Å²) in [5.74, 6) is -16.2. The number of aliphatic hydroxyl groups is 2. The number of imidazole rings is 1. The number of guanidine groups is 1. The number of amides is 13. The van der Waals surface area contributed by atoms with E-state index in [1.165, 1.54) is 33.3 Å². The highest BCUT2D eigenvalue weighted by Gasteiger charge is 2.43. The van der Waals surface area contributed by atoms with Crippen LogP contribution in [-0.4, -0.2) is 266 Å². The number of rotatable bonds is 52. The van der Waals surface area contributed by atoms with Gasteiger partial charge in [0, 0.05) is 37.2 Å². The van der Waals surface area contributed by atoms with Gasteiger partial charge in [-0.3, -0.25) is 72.1 Å². The van der Waals surface area contributed by atoms with E-state index in [0.29, 0.717) is 31.4 Å². The molecule has 1 fully saturated rings. The highest BCUT2D eigenvalue weighted by atomic mass is 32.1. The van der Waals surface area contributed by atoms with Crippen LogP contribution >= 0.6 is 12.6 Å². The molecule has 1 aromatic rings. The number of aromatic nitrogens is 2. The lowest BCUT2D eigenvalue weighted by Gasteiger charge is -2.32. The summed E-state index contributed by atoms with van der Waals surface area (Å²) in [4.78, 5) is 216. The topological polar surface area (TPSA) is 682 Å². The first-order valence-electron chi connectivity index (χ1n) is 36.1. The zero-order valence-electron chi connectivity index (χ0n) is 62.4. The van der Waals surface area contributed by atoms with Crippen molar-refractivity contribution in [1.82, 2.24) is 78.7 Å². The predicted molar refractivity (Wildman–Crippen MR) is 395 cm³/mol. The van der Waals surface area contributed by atoms with Crippen molar-refractivity contribution in [1.29, 1.82) is 0 Å². The fourth-order valence-electron chi connectivity index (χ4n) is 11.1. The summed E-state index contributed by atoms with van der Waals surface area (Å²) in [7, 11) is 0. The minimum Gasteiger partial charge on any atom is -0.481 e. The fraction of sp³-hybridized carbons (Fsp3) is 0.712. The fourth-order valence-corrected chi connectivity index (χ4v) is 11.4. The van der Waals surface area contributed by atoms with E-state index in [2.05, 4.69) is 91.4 Å². The van der Waals surface area contributed by atoms with E-state index in [9.17, 15) is 87.2 Å². The third-order valence-electron chi connectivity index (χ3n) is 17.2. The Bertz CT molecular complexity index is 3160. The molecular weight excluding hydrogens is 1440 g/mol. The standard InChI is InChI=1S/C66H116N22O19S/c1-33(2)26-44(59(100)84-46(30-89)61(102)80-41(17-9-12-22-68)58(99)85-47(31-108)65(106)107)82-60(101)45(27-38-29-73-32-75-38)83-57(98)43(19-14-24-74-66(71)72)79-55(96)40(16-8-11-21-67)78-56(97)42(18-10-13-23-69)81-62(103)48-20-15-25-88(48)64(105)51(37(7)90)87-63(104)50(34(3)4)86-53(94)36(6)76-52(93)35(5)77-54(95)39(70)28-49(91)92/h29,32-37,39-48,50-51,89-90,108H,8-28,30-31,67-70H2,1-7H3,(H,73,75)(H,76,93)(H,77,95)(H,78,97)(H,79,96)(H,80,102)(H,81,103)(H,82,101)(H,83,98)(H,84,100)(H,85,99)(H,86,94)(H,87,104)(H,91,92)(H,106,107)(H4,71,72,74)/t35-,36-,37+,39-,40-,41-,42-,43-,44-,45-,46-,47-,48-,50-,51-/m0/s1. The Balaban J connectivity index is 2.49. The van der Waals surface area contributed by atoms with Crippen molar-refractivity contribution in [2.24, 2.45) is 51.2 Å². The Hall–Kier alpha value is -9.36. The van der Waals surface area contributed by atoms with Crippen LogP contribution in [0.15, 0.2) is 17.5 Å². The molecule has 0 spiro atoms. The number of nitrogens with zero attached hydrogens (tertiary/aromatic N) is 3. The summed E-state index contributed by atoms with van der Waals surface area (Å²) < 4.78 is 0. The van der Waals surface area contributed by atoms with Crippen LogP contribution in [0, 0.1) is 11.8 Å². The van der Waals surface area contributed by atoms with Gasteiger partial charge in [0.2, 0.25) is 76.8 Å². The molecule has 0 aromatic carbocycles. The second-order valence-electron chi connectivity index (χ2n) is 27.2. The monoisotopic (exact) mass is 1550 g/mol. The number of nitrogens with one attached hydrogen (secondary N) is 13. The molecule has 1 aliphatic heterocycles. The van der Waals surface area contributed by atoms with Crippen LogP contribution in [0.4, 0.5) is 0 Å². The molecule has 29 N–H and O–H groups in total. The molecule has 1 saturated heterocycles. The third kappa shape index (κ3) is 33.8. The van der Waals surface area contributed by atoms with Gasteiger partial charge in [-0.25, -0.2) is 9.78 Å². The van der Waals surface area contributed by atoms with E-state index in [0.717, 1.165) is 4.90 Å². The maximum Gasteiger partial charge on any atom is 0.327 e. The summed E-state index contributed by atoms with van der Waals surface area (Å²) in [6.45, 7) is 9.83. The first kappa shape index (κ1) is 94.7. The largest absolute Gasteiger partial charge is 0.481 e. The smallest absolute Gasteiger partial charge is 0.327 e. The van der Waals surface area contributed by atoms with Crippen molar-refractivity contribution in [3.8, 4) is 0 Å². The number of carbonyl (C=O) groups is 15. The number of thiol groups is 1. The minimum absolute atomic E-state index is 0.00773. The number of carbonyl (C=O) groups excluding carboxylic acids is 13. The van der Waals surface area contributed by atoms with Gasteiger partial charge in [0.15, 0.2) is 5.96 Å². The number of H-pyrrole nitrogens is 1. The van der Waals surface area contributed by atoms with E-state index in [1.54, 1.807) is 27.7 Å². The van der Waals surface area contributed by atoms with Gasteiger partial charge in [0.05, 0.1) is 31.5 Å². The van der Waals surface area contributed by atoms with Crippen molar-refractivity contribution >= 4 is 107 Å². The van der Waals surface area contributed by atoms with Gasteiger partial charge in [-0.05, 0) is 142 Å². The molecule has 2 rings (SSSR count). The molecule has 15 atom stereocenters. The molecule has 0 aliphatic carbocycles. The number of carboxylic acid groups (broad SMARTS) is 2. The van der Waals surface area contributed by atoms with Gasteiger partial charge < -0.3 is 129 Å². The molecule has 610 valence electrons. The Kier molecular flexibility index (Phi) is 43.5. The first-order chi connectivity index (χ1) is 50.9. The number of aliphatic hydroxyl groups excluding tert-OH is 2. The highest BCUT2D eigenvalue weighted by molar-refractivity contribution is 7.80. The molecular formula is C66H116N22O19S. The van der Waals surface area contributed by atoms with E-state index in [4.69, 9.17) is 39.5 Å². The van der Waals surface area contributed by atoms with Gasteiger partial charge in [-0.15, -0.1) is 0 Å². The molecule has 41 nitrogen and oxygen atoms in total. The van der Waals surface area contributed by atoms with Crippen molar-refractivity contribution in [2.45, 2.75) is 242 Å².